The topological polar surface area (TPSA) is 81.3 Å². The number of rotatable bonds is 5. The molecule has 1 aliphatic rings. The monoisotopic (exact) mass is 404 g/mol. The van der Waals surface area contributed by atoms with Crippen LogP contribution in [0.3, 0.4) is 0 Å². The number of carbonyl (C=O) groups excluding carboxylic acids is 1. The highest BCUT2D eigenvalue weighted by atomic mass is 35.5. The lowest BCUT2D eigenvalue weighted by molar-refractivity contribution is 0.0600. The van der Waals surface area contributed by atoms with E-state index in [4.69, 9.17) is 20.9 Å². The molecule has 1 fully saturated rings. The predicted octanol–water partition coefficient (Wildman–Crippen LogP) is 4.13. The van der Waals surface area contributed by atoms with E-state index in [1.54, 1.807) is 35.9 Å². The summed E-state index contributed by atoms with van der Waals surface area (Å²) in [6.45, 7) is 0.828. The van der Waals surface area contributed by atoms with Crippen molar-refractivity contribution in [2.45, 2.75) is 31.9 Å². The number of aromatic nitrogens is 3. The van der Waals surface area contributed by atoms with Crippen molar-refractivity contribution < 1.29 is 14.1 Å². The Morgan fingerprint density at radius 3 is 3.11 bits per heavy atom. The maximum atomic E-state index is 12.9. The van der Waals surface area contributed by atoms with E-state index in [0.717, 1.165) is 24.3 Å². The summed E-state index contributed by atoms with van der Waals surface area (Å²) < 4.78 is 10.8. The van der Waals surface area contributed by atoms with Crippen LogP contribution < -0.4 is 4.74 Å². The standard InChI is InChI=1S/C18H17ClN4O3S/c19-12-7-13(10-20-9-12)25-11-14-8-15(22-26-14)18(24)23-5-2-1-3-16(23)17-21-4-6-27-17/h4,6-10,16H,1-3,5,11H2/t16-/m0/s1. The van der Waals surface area contributed by atoms with Gasteiger partial charge in [0.1, 0.15) is 17.4 Å². The second kappa shape index (κ2) is 8.06. The van der Waals surface area contributed by atoms with Gasteiger partial charge in [-0.1, -0.05) is 16.8 Å². The van der Waals surface area contributed by atoms with Gasteiger partial charge in [0.05, 0.1) is 17.3 Å². The highest BCUT2D eigenvalue weighted by Crippen LogP contribution is 2.33. The number of hydrogen-bond donors (Lipinski definition) is 0. The summed E-state index contributed by atoms with van der Waals surface area (Å²) in [7, 11) is 0. The molecule has 4 heterocycles. The molecule has 1 saturated heterocycles. The molecule has 0 aliphatic carbocycles. The molecule has 1 aliphatic heterocycles. The lowest BCUT2D eigenvalue weighted by Crippen LogP contribution is -2.38. The van der Waals surface area contributed by atoms with E-state index in [2.05, 4.69) is 15.1 Å². The minimum atomic E-state index is -0.144. The Kier molecular flexibility index (Phi) is 5.35. The Bertz CT molecular complexity index is 915. The van der Waals surface area contributed by atoms with Gasteiger partial charge in [-0.15, -0.1) is 11.3 Å². The molecule has 27 heavy (non-hydrogen) atoms. The summed E-state index contributed by atoms with van der Waals surface area (Å²) in [5.74, 6) is 0.835. The molecule has 140 valence electrons. The van der Waals surface area contributed by atoms with E-state index in [1.807, 2.05) is 10.3 Å². The normalized spacial score (nSPS) is 17.1. The van der Waals surface area contributed by atoms with Crippen LogP contribution in [0, 0.1) is 0 Å². The number of piperidine rings is 1. The molecule has 0 saturated carbocycles. The zero-order valence-corrected chi connectivity index (χ0v) is 15.9. The smallest absolute Gasteiger partial charge is 0.276 e. The first-order valence-corrected chi connectivity index (χ1v) is 9.86. The van der Waals surface area contributed by atoms with E-state index >= 15 is 0 Å². The Morgan fingerprint density at radius 1 is 1.37 bits per heavy atom. The third-order valence-corrected chi connectivity index (χ3v) is 5.42. The fourth-order valence-electron chi connectivity index (χ4n) is 3.09. The van der Waals surface area contributed by atoms with Crippen LogP contribution in [0.2, 0.25) is 5.02 Å². The van der Waals surface area contributed by atoms with E-state index in [0.29, 0.717) is 23.1 Å². The summed E-state index contributed by atoms with van der Waals surface area (Å²) in [6, 6.07) is 3.28. The molecule has 3 aromatic heterocycles. The molecule has 0 bridgehead atoms. The molecule has 0 aromatic carbocycles. The van der Waals surface area contributed by atoms with Gasteiger partial charge in [-0.05, 0) is 19.3 Å². The van der Waals surface area contributed by atoms with Crippen molar-refractivity contribution in [1.82, 2.24) is 20.0 Å². The molecule has 0 unspecified atom stereocenters. The van der Waals surface area contributed by atoms with Crippen LogP contribution in [-0.4, -0.2) is 32.5 Å². The third-order valence-electron chi connectivity index (χ3n) is 4.34. The quantitative estimate of drug-likeness (QED) is 0.636. The lowest BCUT2D eigenvalue weighted by atomic mass is 10.0. The van der Waals surface area contributed by atoms with Gasteiger partial charge in [-0.2, -0.15) is 0 Å². The van der Waals surface area contributed by atoms with Gasteiger partial charge in [0.25, 0.3) is 5.91 Å². The molecule has 0 radical (unpaired) electrons. The van der Waals surface area contributed by atoms with Crippen molar-refractivity contribution in [2.24, 2.45) is 0 Å². The zero-order chi connectivity index (χ0) is 18.6. The maximum Gasteiger partial charge on any atom is 0.276 e. The maximum absolute atomic E-state index is 12.9. The fraction of sp³-hybridized carbons (Fsp3) is 0.333. The molecule has 0 spiro atoms. The SMILES string of the molecule is O=C(c1cc(COc2cncc(Cl)c2)on1)N1CCCC[C@H]1c1nccs1. The van der Waals surface area contributed by atoms with Gasteiger partial charge in [0, 0.05) is 36.5 Å². The van der Waals surface area contributed by atoms with E-state index in [1.165, 1.54) is 6.20 Å². The minimum Gasteiger partial charge on any atom is -0.484 e. The molecule has 3 aromatic rings. The van der Waals surface area contributed by atoms with Crippen molar-refractivity contribution in [3.8, 4) is 5.75 Å². The number of pyridine rings is 1. The number of amides is 1. The largest absolute Gasteiger partial charge is 0.484 e. The summed E-state index contributed by atoms with van der Waals surface area (Å²) in [4.78, 5) is 23.1. The van der Waals surface area contributed by atoms with Crippen LogP contribution in [0.5, 0.6) is 5.75 Å². The molecule has 1 atom stereocenters. The number of ether oxygens (including phenoxy) is 1. The Hall–Kier alpha value is -2.45. The number of likely N-dealkylation sites (tertiary alicyclic amines) is 1. The van der Waals surface area contributed by atoms with Gasteiger partial charge >= 0.3 is 0 Å². The van der Waals surface area contributed by atoms with Gasteiger partial charge in [0.2, 0.25) is 0 Å². The molecular weight excluding hydrogens is 388 g/mol. The van der Waals surface area contributed by atoms with Crippen LogP contribution in [0.1, 0.15) is 46.6 Å². The van der Waals surface area contributed by atoms with Crippen molar-refractivity contribution in [1.29, 1.82) is 0 Å². The highest BCUT2D eigenvalue weighted by Gasteiger charge is 2.31. The fourth-order valence-corrected chi connectivity index (χ4v) is 4.03. The van der Waals surface area contributed by atoms with Crippen molar-refractivity contribution in [3.63, 3.8) is 0 Å². The lowest BCUT2D eigenvalue weighted by Gasteiger charge is -2.33. The van der Waals surface area contributed by atoms with Crippen molar-refractivity contribution >= 4 is 28.8 Å². The number of halogens is 1. The van der Waals surface area contributed by atoms with Crippen LogP contribution >= 0.6 is 22.9 Å². The Labute approximate surface area is 164 Å². The summed E-state index contributed by atoms with van der Waals surface area (Å²) in [6.07, 6.45) is 7.82. The first-order valence-electron chi connectivity index (χ1n) is 8.60. The van der Waals surface area contributed by atoms with Crippen LogP contribution in [0.4, 0.5) is 0 Å². The third kappa shape index (κ3) is 4.12. The zero-order valence-electron chi connectivity index (χ0n) is 14.4. The molecule has 1 amide bonds. The Morgan fingerprint density at radius 2 is 2.30 bits per heavy atom. The van der Waals surface area contributed by atoms with Crippen molar-refractivity contribution in [2.75, 3.05) is 6.54 Å². The first kappa shape index (κ1) is 17.9. The number of nitrogens with zero attached hydrogens (tertiary/aromatic N) is 4. The molecule has 0 N–H and O–H groups in total. The van der Waals surface area contributed by atoms with Crippen LogP contribution in [-0.2, 0) is 6.61 Å². The number of carbonyl (C=O) groups is 1. The second-order valence-corrected chi connectivity index (χ2v) is 7.55. The van der Waals surface area contributed by atoms with Gasteiger partial charge in [0.15, 0.2) is 11.5 Å². The average Bonchev–Trinajstić information content (AvgIpc) is 3.38. The first-order chi connectivity index (χ1) is 13.2. The van der Waals surface area contributed by atoms with Gasteiger partial charge in [-0.25, -0.2) is 4.98 Å². The molecular formula is C18H17ClN4O3S. The second-order valence-electron chi connectivity index (χ2n) is 6.19. The van der Waals surface area contributed by atoms with Gasteiger partial charge < -0.3 is 14.2 Å². The van der Waals surface area contributed by atoms with Crippen molar-refractivity contribution in [3.05, 3.63) is 57.6 Å². The van der Waals surface area contributed by atoms with Crippen LogP contribution in [0.15, 0.2) is 40.6 Å². The molecule has 7 nitrogen and oxygen atoms in total. The van der Waals surface area contributed by atoms with Gasteiger partial charge in [-0.3, -0.25) is 9.78 Å². The summed E-state index contributed by atoms with van der Waals surface area (Å²) in [5.41, 5.74) is 0.279. The van der Waals surface area contributed by atoms with Crippen LogP contribution in [0.25, 0.3) is 0 Å². The average molecular weight is 405 g/mol. The molecule has 4 rings (SSSR count). The number of hydrogen-bond acceptors (Lipinski definition) is 7. The minimum absolute atomic E-state index is 0.000171. The Balaban J connectivity index is 1.44. The van der Waals surface area contributed by atoms with E-state index < -0.39 is 0 Å². The summed E-state index contributed by atoms with van der Waals surface area (Å²) in [5, 5.41) is 7.31. The molecule has 9 heteroatoms. The summed E-state index contributed by atoms with van der Waals surface area (Å²) >= 11 is 7.45. The van der Waals surface area contributed by atoms with E-state index in [-0.39, 0.29) is 24.2 Å². The predicted molar refractivity (Wildman–Crippen MR) is 99.8 cm³/mol. The highest BCUT2D eigenvalue weighted by molar-refractivity contribution is 7.09. The van der Waals surface area contributed by atoms with E-state index in [9.17, 15) is 4.79 Å². The number of thiazole rings is 1.